The van der Waals surface area contributed by atoms with Crippen LogP contribution in [0.15, 0.2) is 59.5 Å². The van der Waals surface area contributed by atoms with Gasteiger partial charge in [0.25, 0.3) is 5.56 Å². The molecule has 0 radical (unpaired) electrons. The van der Waals surface area contributed by atoms with Crippen molar-refractivity contribution in [1.82, 2.24) is 9.55 Å². The van der Waals surface area contributed by atoms with Gasteiger partial charge >= 0.3 is 0 Å². The molecule has 3 aromatic rings. The average Bonchev–Trinajstić information content (AvgIpc) is 2.41. The molecule has 3 nitrogen and oxygen atoms in total. The molecule has 3 heteroatoms. The molecule has 18 heavy (non-hydrogen) atoms. The molecule has 0 N–H and O–H groups in total. The molecule has 3 rings (SSSR count). The Labute approximate surface area is 104 Å². The lowest BCUT2D eigenvalue weighted by Gasteiger charge is -2.06. The first-order chi connectivity index (χ1) is 8.74. The Balaban J connectivity index is 2.25. The number of hydrogen-bond acceptors (Lipinski definition) is 2. The molecule has 0 amide bonds. The van der Waals surface area contributed by atoms with Gasteiger partial charge in [-0.1, -0.05) is 24.3 Å². The van der Waals surface area contributed by atoms with E-state index in [0.29, 0.717) is 5.82 Å². The van der Waals surface area contributed by atoms with E-state index >= 15 is 0 Å². The van der Waals surface area contributed by atoms with Crippen LogP contribution in [0.3, 0.4) is 0 Å². The van der Waals surface area contributed by atoms with E-state index in [9.17, 15) is 4.79 Å². The molecule has 2 aromatic heterocycles. The molecule has 0 spiro atoms. The monoisotopic (exact) mass is 236 g/mol. The van der Waals surface area contributed by atoms with Crippen LogP contribution in [-0.2, 0) is 0 Å². The molecule has 2 heterocycles. The van der Waals surface area contributed by atoms with E-state index < -0.39 is 0 Å². The van der Waals surface area contributed by atoms with Crippen molar-refractivity contribution in [3.05, 3.63) is 70.6 Å². The second kappa shape index (κ2) is 4.11. The van der Waals surface area contributed by atoms with Gasteiger partial charge in [0.1, 0.15) is 5.82 Å². The van der Waals surface area contributed by atoms with Crippen molar-refractivity contribution >= 4 is 10.9 Å². The van der Waals surface area contributed by atoms with Crippen LogP contribution in [-0.4, -0.2) is 9.55 Å². The van der Waals surface area contributed by atoms with Gasteiger partial charge in [-0.15, -0.1) is 0 Å². The normalized spacial score (nSPS) is 10.7. The fraction of sp³-hybridized carbons (Fsp3) is 0.0667. The number of rotatable bonds is 1. The summed E-state index contributed by atoms with van der Waals surface area (Å²) < 4.78 is 1.57. The number of pyridine rings is 2. The molecule has 88 valence electrons. The predicted molar refractivity (Wildman–Crippen MR) is 72.1 cm³/mol. The Morgan fingerprint density at radius 2 is 1.83 bits per heavy atom. The minimum Gasteiger partial charge on any atom is -0.269 e. The van der Waals surface area contributed by atoms with Crippen LogP contribution in [0.4, 0.5) is 0 Å². The van der Waals surface area contributed by atoms with E-state index in [1.807, 2.05) is 43.3 Å². The largest absolute Gasteiger partial charge is 0.269 e. The zero-order valence-corrected chi connectivity index (χ0v) is 10.00. The minimum atomic E-state index is -0.0663. The van der Waals surface area contributed by atoms with Gasteiger partial charge in [0, 0.05) is 17.6 Å². The van der Waals surface area contributed by atoms with Crippen molar-refractivity contribution < 1.29 is 0 Å². The molecule has 0 saturated carbocycles. The molecule has 0 unspecified atom stereocenters. The van der Waals surface area contributed by atoms with Crippen LogP contribution in [0.5, 0.6) is 0 Å². The fourth-order valence-corrected chi connectivity index (χ4v) is 1.96. The van der Waals surface area contributed by atoms with Crippen LogP contribution in [0.2, 0.25) is 0 Å². The Kier molecular flexibility index (Phi) is 2.45. The first-order valence-electron chi connectivity index (χ1n) is 5.79. The van der Waals surface area contributed by atoms with Crippen LogP contribution in [0.1, 0.15) is 5.56 Å². The fourth-order valence-electron chi connectivity index (χ4n) is 1.96. The van der Waals surface area contributed by atoms with Crippen molar-refractivity contribution in [1.29, 1.82) is 0 Å². The van der Waals surface area contributed by atoms with Gasteiger partial charge in [-0.2, -0.15) is 0 Å². The van der Waals surface area contributed by atoms with Crippen molar-refractivity contribution in [3.8, 4) is 5.82 Å². The van der Waals surface area contributed by atoms with Gasteiger partial charge in [-0.3, -0.25) is 9.36 Å². The molecule has 0 aliphatic rings. The second-order valence-corrected chi connectivity index (χ2v) is 4.28. The number of fused-ring (bicyclic) bond motifs is 1. The van der Waals surface area contributed by atoms with E-state index in [1.165, 1.54) is 0 Å². The third kappa shape index (κ3) is 1.80. The number of nitrogens with zero attached hydrogens (tertiary/aromatic N) is 2. The van der Waals surface area contributed by atoms with Crippen molar-refractivity contribution in [2.24, 2.45) is 0 Å². The molecule has 0 atom stereocenters. The summed E-state index contributed by atoms with van der Waals surface area (Å²) in [4.78, 5) is 16.3. The van der Waals surface area contributed by atoms with Gasteiger partial charge in [0.05, 0.1) is 5.52 Å². The number of hydrogen-bond donors (Lipinski definition) is 0. The highest BCUT2D eigenvalue weighted by molar-refractivity contribution is 5.79. The number of aryl methyl sites for hydroxylation is 1. The SMILES string of the molecule is Cc1ccc(=O)n(-c2ccc3ccccc3n2)c1. The highest BCUT2D eigenvalue weighted by Crippen LogP contribution is 2.13. The maximum Gasteiger partial charge on any atom is 0.256 e. The Hall–Kier alpha value is -2.42. The number of aromatic nitrogens is 2. The Morgan fingerprint density at radius 3 is 2.72 bits per heavy atom. The molecule has 0 aliphatic carbocycles. The molecular formula is C15H12N2O. The van der Waals surface area contributed by atoms with Crippen LogP contribution >= 0.6 is 0 Å². The summed E-state index contributed by atoms with van der Waals surface area (Å²) in [7, 11) is 0. The number of benzene rings is 1. The first-order valence-corrected chi connectivity index (χ1v) is 5.79. The summed E-state index contributed by atoms with van der Waals surface area (Å²) in [6, 6.07) is 15.1. The van der Waals surface area contributed by atoms with Gasteiger partial charge in [0.2, 0.25) is 0 Å². The van der Waals surface area contributed by atoms with Crippen molar-refractivity contribution in [3.63, 3.8) is 0 Å². The van der Waals surface area contributed by atoms with Crippen molar-refractivity contribution in [2.45, 2.75) is 6.92 Å². The summed E-state index contributed by atoms with van der Waals surface area (Å²) >= 11 is 0. The van der Waals surface area contributed by atoms with E-state index in [2.05, 4.69) is 4.98 Å². The topological polar surface area (TPSA) is 34.9 Å². The first kappa shape index (κ1) is 10.7. The molecule has 1 aromatic carbocycles. The molecule has 0 saturated heterocycles. The van der Waals surface area contributed by atoms with Gasteiger partial charge in [0.15, 0.2) is 0 Å². The molecule has 0 bridgehead atoms. The highest BCUT2D eigenvalue weighted by Gasteiger charge is 2.02. The van der Waals surface area contributed by atoms with E-state index in [4.69, 9.17) is 0 Å². The minimum absolute atomic E-state index is 0.0663. The Morgan fingerprint density at radius 1 is 1.00 bits per heavy atom. The summed E-state index contributed by atoms with van der Waals surface area (Å²) in [6.07, 6.45) is 1.80. The van der Waals surface area contributed by atoms with Gasteiger partial charge in [-0.25, -0.2) is 4.98 Å². The lowest BCUT2D eigenvalue weighted by molar-refractivity contribution is 0.939. The molecular weight excluding hydrogens is 224 g/mol. The third-order valence-corrected chi connectivity index (χ3v) is 2.89. The lowest BCUT2D eigenvalue weighted by Crippen LogP contribution is -2.17. The van der Waals surface area contributed by atoms with Gasteiger partial charge in [-0.05, 0) is 30.7 Å². The van der Waals surface area contributed by atoms with E-state index in [-0.39, 0.29) is 5.56 Å². The smallest absolute Gasteiger partial charge is 0.256 e. The summed E-state index contributed by atoms with van der Waals surface area (Å²) in [6.45, 7) is 1.96. The average molecular weight is 236 g/mol. The maximum absolute atomic E-state index is 11.8. The second-order valence-electron chi connectivity index (χ2n) is 4.28. The predicted octanol–water partition coefficient (Wildman–Crippen LogP) is 2.69. The summed E-state index contributed by atoms with van der Waals surface area (Å²) in [5.41, 5.74) is 1.86. The lowest BCUT2D eigenvalue weighted by atomic mass is 10.2. The summed E-state index contributed by atoms with van der Waals surface area (Å²) in [5.74, 6) is 0.655. The molecule has 0 fully saturated rings. The van der Waals surface area contributed by atoms with Crippen molar-refractivity contribution in [2.75, 3.05) is 0 Å². The van der Waals surface area contributed by atoms with Crippen LogP contribution < -0.4 is 5.56 Å². The van der Waals surface area contributed by atoms with E-state index in [0.717, 1.165) is 16.5 Å². The maximum atomic E-state index is 11.8. The zero-order valence-electron chi connectivity index (χ0n) is 10.00. The van der Waals surface area contributed by atoms with Gasteiger partial charge < -0.3 is 0 Å². The molecule has 0 aliphatic heterocycles. The quantitative estimate of drug-likeness (QED) is 0.651. The van der Waals surface area contributed by atoms with Crippen LogP contribution in [0.25, 0.3) is 16.7 Å². The zero-order chi connectivity index (χ0) is 12.5. The highest BCUT2D eigenvalue weighted by atomic mass is 16.1. The van der Waals surface area contributed by atoms with Crippen LogP contribution in [0, 0.1) is 6.92 Å². The summed E-state index contributed by atoms with van der Waals surface area (Å²) in [5, 5.41) is 1.07. The Bertz CT molecular complexity index is 775. The number of para-hydroxylation sites is 1. The van der Waals surface area contributed by atoms with E-state index in [1.54, 1.807) is 22.9 Å². The standard InChI is InChI=1S/C15H12N2O/c1-11-6-9-15(18)17(10-11)14-8-7-12-4-2-3-5-13(12)16-14/h2-10H,1H3. The third-order valence-electron chi connectivity index (χ3n) is 2.89.